The number of nitrogens with one attached hydrogen (secondary N) is 3. The van der Waals surface area contributed by atoms with Crippen LogP contribution in [-0.4, -0.2) is 12.6 Å². The zero-order valence-electron chi connectivity index (χ0n) is 12.2. The Kier molecular flexibility index (Phi) is 9.26. The molecule has 0 aromatic heterocycles. The van der Waals surface area contributed by atoms with Crippen LogP contribution in [-0.2, 0) is 11.3 Å². The van der Waals surface area contributed by atoms with Gasteiger partial charge in [0.1, 0.15) is 6.61 Å². The second kappa shape index (κ2) is 11.3. The summed E-state index contributed by atoms with van der Waals surface area (Å²) in [5.74, 6) is 0. The standard InChI is InChI=1S/C15H25N3O2/c1-2-3-4-5-9-12-16-18-17-15(19)20-13-14-10-7-6-8-11-14/h6-8,10-11,16,18H,2-5,9,12-13H2,1H3,(H,17,19). The van der Waals surface area contributed by atoms with Crippen molar-refractivity contribution in [3.8, 4) is 0 Å². The molecule has 5 heteroatoms. The van der Waals surface area contributed by atoms with Crippen LogP contribution in [0.5, 0.6) is 0 Å². The summed E-state index contributed by atoms with van der Waals surface area (Å²) in [6.07, 6.45) is 5.62. The monoisotopic (exact) mass is 279 g/mol. The molecule has 0 aliphatic carbocycles. The van der Waals surface area contributed by atoms with Crippen molar-refractivity contribution in [1.82, 2.24) is 16.4 Å². The second-order valence-corrected chi connectivity index (χ2v) is 4.65. The molecule has 0 bridgehead atoms. The molecule has 0 heterocycles. The second-order valence-electron chi connectivity index (χ2n) is 4.65. The van der Waals surface area contributed by atoms with Gasteiger partial charge in [-0.05, 0) is 12.0 Å². The molecule has 0 aliphatic rings. The molecule has 0 radical (unpaired) electrons. The van der Waals surface area contributed by atoms with E-state index < -0.39 is 6.09 Å². The zero-order chi connectivity index (χ0) is 14.5. The summed E-state index contributed by atoms with van der Waals surface area (Å²) in [7, 11) is 0. The van der Waals surface area contributed by atoms with Crippen LogP contribution in [0.4, 0.5) is 4.79 Å². The van der Waals surface area contributed by atoms with Gasteiger partial charge in [0.15, 0.2) is 0 Å². The van der Waals surface area contributed by atoms with Crippen LogP contribution in [0.15, 0.2) is 30.3 Å². The molecule has 112 valence electrons. The van der Waals surface area contributed by atoms with Gasteiger partial charge in [0.2, 0.25) is 0 Å². The van der Waals surface area contributed by atoms with Crippen molar-refractivity contribution in [3.05, 3.63) is 35.9 Å². The molecule has 1 rings (SSSR count). The van der Waals surface area contributed by atoms with Crippen LogP contribution in [0.25, 0.3) is 0 Å². The van der Waals surface area contributed by atoms with Crippen LogP contribution in [0.2, 0.25) is 0 Å². The summed E-state index contributed by atoms with van der Waals surface area (Å²) in [6.45, 7) is 3.29. The van der Waals surface area contributed by atoms with E-state index in [1.54, 1.807) is 0 Å². The van der Waals surface area contributed by atoms with Gasteiger partial charge in [0.25, 0.3) is 0 Å². The summed E-state index contributed by atoms with van der Waals surface area (Å²) in [5, 5.41) is 0. The number of carbonyl (C=O) groups is 1. The maximum atomic E-state index is 11.4. The zero-order valence-corrected chi connectivity index (χ0v) is 12.2. The topological polar surface area (TPSA) is 62.4 Å². The lowest BCUT2D eigenvalue weighted by molar-refractivity contribution is 0.132. The minimum Gasteiger partial charge on any atom is -0.444 e. The van der Waals surface area contributed by atoms with Crippen molar-refractivity contribution >= 4 is 6.09 Å². The number of unbranched alkanes of at least 4 members (excludes halogenated alkanes) is 4. The van der Waals surface area contributed by atoms with E-state index in [0.717, 1.165) is 18.5 Å². The molecule has 1 aromatic rings. The number of hydrazine groups is 2. The fourth-order valence-corrected chi connectivity index (χ4v) is 1.73. The molecule has 0 fully saturated rings. The molecule has 1 amide bonds. The summed E-state index contributed by atoms with van der Waals surface area (Å²) >= 11 is 0. The lowest BCUT2D eigenvalue weighted by Gasteiger charge is -2.09. The first kappa shape index (κ1) is 16.5. The smallest absolute Gasteiger partial charge is 0.423 e. The Hall–Kier alpha value is -1.59. The van der Waals surface area contributed by atoms with Gasteiger partial charge in [0.05, 0.1) is 0 Å². The molecule has 0 saturated heterocycles. The Morgan fingerprint density at radius 2 is 1.85 bits per heavy atom. The van der Waals surface area contributed by atoms with Gasteiger partial charge in [0, 0.05) is 6.54 Å². The van der Waals surface area contributed by atoms with Crippen molar-refractivity contribution in [2.24, 2.45) is 0 Å². The van der Waals surface area contributed by atoms with Crippen molar-refractivity contribution in [2.75, 3.05) is 6.54 Å². The SMILES string of the molecule is CCCCCCCNNNC(=O)OCc1ccccc1. The van der Waals surface area contributed by atoms with E-state index in [2.05, 4.69) is 23.3 Å². The Labute approximate surface area is 121 Å². The lowest BCUT2D eigenvalue weighted by Crippen LogP contribution is -2.47. The predicted octanol–water partition coefficient (Wildman–Crippen LogP) is 2.89. The normalized spacial score (nSPS) is 10.2. The molecule has 3 N–H and O–H groups in total. The first-order valence-corrected chi connectivity index (χ1v) is 7.27. The van der Waals surface area contributed by atoms with E-state index in [4.69, 9.17) is 4.74 Å². The highest BCUT2D eigenvalue weighted by Crippen LogP contribution is 2.01. The third kappa shape index (κ3) is 8.50. The lowest BCUT2D eigenvalue weighted by atomic mass is 10.2. The highest BCUT2D eigenvalue weighted by Gasteiger charge is 2.00. The number of carbonyl (C=O) groups excluding carboxylic acids is 1. The molecule has 0 atom stereocenters. The van der Waals surface area contributed by atoms with E-state index in [1.165, 1.54) is 25.7 Å². The molecule has 0 saturated carbocycles. The summed E-state index contributed by atoms with van der Waals surface area (Å²) in [4.78, 5) is 11.4. The first-order chi connectivity index (χ1) is 9.83. The fraction of sp³-hybridized carbons (Fsp3) is 0.533. The number of hydrogen-bond acceptors (Lipinski definition) is 4. The largest absolute Gasteiger partial charge is 0.444 e. The molecular formula is C15H25N3O2. The van der Waals surface area contributed by atoms with Crippen molar-refractivity contribution in [1.29, 1.82) is 0 Å². The van der Waals surface area contributed by atoms with Crippen LogP contribution >= 0.6 is 0 Å². The molecular weight excluding hydrogens is 254 g/mol. The third-order valence-electron chi connectivity index (χ3n) is 2.87. The molecule has 1 aromatic carbocycles. The van der Waals surface area contributed by atoms with Gasteiger partial charge in [-0.25, -0.2) is 15.6 Å². The van der Waals surface area contributed by atoms with Gasteiger partial charge in [-0.2, -0.15) is 5.53 Å². The molecule has 0 unspecified atom stereocenters. The fourth-order valence-electron chi connectivity index (χ4n) is 1.73. The number of amides is 1. The van der Waals surface area contributed by atoms with Crippen LogP contribution < -0.4 is 16.4 Å². The quantitative estimate of drug-likeness (QED) is 0.455. The average molecular weight is 279 g/mol. The van der Waals surface area contributed by atoms with Gasteiger partial charge in [-0.15, -0.1) is 0 Å². The van der Waals surface area contributed by atoms with E-state index in [0.29, 0.717) is 0 Å². The molecule has 0 aliphatic heterocycles. The van der Waals surface area contributed by atoms with E-state index in [9.17, 15) is 4.79 Å². The highest BCUT2D eigenvalue weighted by molar-refractivity contribution is 5.66. The van der Waals surface area contributed by atoms with Crippen molar-refractivity contribution < 1.29 is 9.53 Å². The summed E-state index contributed by atoms with van der Waals surface area (Å²) in [5.41, 5.74) is 8.96. The van der Waals surface area contributed by atoms with Gasteiger partial charge in [-0.1, -0.05) is 62.9 Å². The Morgan fingerprint density at radius 3 is 2.60 bits per heavy atom. The Morgan fingerprint density at radius 1 is 1.10 bits per heavy atom. The van der Waals surface area contributed by atoms with Crippen LogP contribution in [0.3, 0.4) is 0 Å². The highest BCUT2D eigenvalue weighted by atomic mass is 16.6. The predicted molar refractivity (Wildman–Crippen MR) is 79.7 cm³/mol. The Balaban J connectivity index is 1.93. The number of ether oxygens (including phenoxy) is 1. The van der Waals surface area contributed by atoms with Gasteiger partial charge in [-0.3, -0.25) is 0 Å². The summed E-state index contributed by atoms with van der Waals surface area (Å²) < 4.78 is 5.04. The van der Waals surface area contributed by atoms with Crippen molar-refractivity contribution in [2.45, 2.75) is 45.6 Å². The van der Waals surface area contributed by atoms with Crippen molar-refractivity contribution in [3.63, 3.8) is 0 Å². The maximum Gasteiger partial charge on any atom is 0.423 e. The third-order valence-corrected chi connectivity index (χ3v) is 2.87. The van der Waals surface area contributed by atoms with Crippen LogP contribution in [0.1, 0.15) is 44.6 Å². The van der Waals surface area contributed by atoms with E-state index >= 15 is 0 Å². The maximum absolute atomic E-state index is 11.4. The molecule has 20 heavy (non-hydrogen) atoms. The number of rotatable bonds is 10. The van der Waals surface area contributed by atoms with Gasteiger partial charge >= 0.3 is 6.09 Å². The Bertz CT molecular complexity index is 357. The first-order valence-electron chi connectivity index (χ1n) is 7.27. The van der Waals surface area contributed by atoms with Gasteiger partial charge < -0.3 is 4.74 Å². The number of hydrogen-bond donors (Lipinski definition) is 3. The minimum absolute atomic E-state index is 0.269. The number of benzene rings is 1. The van der Waals surface area contributed by atoms with E-state index in [-0.39, 0.29) is 6.61 Å². The van der Waals surface area contributed by atoms with Crippen LogP contribution in [0, 0.1) is 0 Å². The average Bonchev–Trinajstić information content (AvgIpc) is 2.49. The molecule has 5 nitrogen and oxygen atoms in total. The summed E-state index contributed by atoms with van der Waals surface area (Å²) in [6, 6.07) is 9.57. The minimum atomic E-state index is -0.493. The van der Waals surface area contributed by atoms with E-state index in [1.807, 2.05) is 30.3 Å². The molecule has 0 spiro atoms.